The van der Waals surface area contributed by atoms with Gasteiger partial charge in [-0.2, -0.15) is 0 Å². The number of nitrogen functional groups attached to an aromatic ring is 1. The lowest BCUT2D eigenvalue weighted by molar-refractivity contribution is -0.138. The number of carboxylic acids is 1. The van der Waals surface area contributed by atoms with Crippen LogP contribution in [0.4, 0.5) is 5.69 Å². The van der Waals surface area contributed by atoms with E-state index in [-0.39, 0.29) is 0 Å². The molecular weight excluding hydrogens is 282 g/mol. The van der Waals surface area contributed by atoms with Crippen molar-refractivity contribution in [1.82, 2.24) is 0 Å². The van der Waals surface area contributed by atoms with Crippen molar-refractivity contribution in [3.8, 4) is 0 Å². The molecule has 3 N–H and O–H groups in total. The maximum absolute atomic E-state index is 10.9. The number of nitrogens with two attached hydrogens (primary N) is 1. The number of carbonyl (C=O) groups is 1. The van der Waals surface area contributed by atoms with E-state index in [1.165, 1.54) is 0 Å². The summed E-state index contributed by atoms with van der Waals surface area (Å²) in [5, 5.41) is 8.99. The van der Waals surface area contributed by atoms with Gasteiger partial charge < -0.3 is 10.8 Å². The van der Waals surface area contributed by atoms with Crippen molar-refractivity contribution in [3.63, 3.8) is 0 Å². The number of thioether (sulfide) groups is 1. The highest BCUT2D eigenvalue weighted by atomic mass is 32.2. The van der Waals surface area contributed by atoms with Gasteiger partial charge in [0.25, 0.3) is 0 Å². The normalized spacial score (nSPS) is 12.1. The number of aliphatic carboxylic acids is 1. The molecule has 0 fully saturated rings. The number of hydrogen-bond acceptors (Lipinski definition) is 3. The van der Waals surface area contributed by atoms with Crippen molar-refractivity contribution < 1.29 is 9.90 Å². The zero-order valence-electron chi connectivity index (χ0n) is 12.2. The lowest BCUT2D eigenvalue weighted by Gasteiger charge is -2.09. The molecule has 2 rings (SSSR count). The van der Waals surface area contributed by atoms with Gasteiger partial charge in [0, 0.05) is 16.3 Å². The summed E-state index contributed by atoms with van der Waals surface area (Å²) < 4.78 is 0. The number of hydrogen-bond donors (Lipinski definition) is 2. The molecule has 0 saturated carbocycles. The molecule has 21 heavy (non-hydrogen) atoms. The Morgan fingerprint density at radius 2 is 1.90 bits per heavy atom. The first-order valence-electron chi connectivity index (χ1n) is 6.78. The molecule has 0 aliphatic carbocycles. The highest BCUT2D eigenvalue weighted by Crippen LogP contribution is 2.29. The zero-order chi connectivity index (χ0) is 15.4. The third-order valence-corrected chi connectivity index (χ3v) is 4.57. The molecule has 0 heterocycles. The Kier molecular flexibility index (Phi) is 4.91. The van der Waals surface area contributed by atoms with E-state index in [1.54, 1.807) is 18.7 Å². The Bertz CT molecular complexity index is 638. The molecule has 2 aromatic rings. The summed E-state index contributed by atoms with van der Waals surface area (Å²) in [7, 11) is 0. The van der Waals surface area contributed by atoms with Crippen molar-refractivity contribution in [2.45, 2.75) is 30.4 Å². The highest BCUT2D eigenvalue weighted by molar-refractivity contribution is 7.98. The molecule has 4 heteroatoms. The van der Waals surface area contributed by atoms with Crippen LogP contribution in [0.3, 0.4) is 0 Å². The van der Waals surface area contributed by atoms with Crippen LogP contribution in [-0.2, 0) is 10.5 Å². The van der Waals surface area contributed by atoms with E-state index < -0.39 is 11.9 Å². The first kappa shape index (κ1) is 15.4. The van der Waals surface area contributed by atoms with Crippen LogP contribution < -0.4 is 5.73 Å². The van der Waals surface area contributed by atoms with Gasteiger partial charge in [0.05, 0.1) is 5.92 Å². The molecule has 110 valence electrons. The first-order valence-corrected chi connectivity index (χ1v) is 7.76. The molecule has 3 nitrogen and oxygen atoms in total. The van der Waals surface area contributed by atoms with Gasteiger partial charge in [-0.15, -0.1) is 11.8 Å². The average Bonchev–Trinajstić information content (AvgIpc) is 2.46. The van der Waals surface area contributed by atoms with Crippen LogP contribution in [0.15, 0.2) is 47.4 Å². The van der Waals surface area contributed by atoms with Gasteiger partial charge in [0.15, 0.2) is 0 Å². The smallest absolute Gasteiger partial charge is 0.310 e. The van der Waals surface area contributed by atoms with Gasteiger partial charge in [-0.1, -0.05) is 30.3 Å². The van der Waals surface area contributed by atoms with Crippen LogP contribution in [-0.4, -0.2) is 11.1 Å². The molecule has 2 aromatic carbocycles. The van der Waals surface area contributed by atoms with Crippen molar-refractivity contribution in [2.24, 2.45) is 0 Å². The van der Waals surface area contributed by atoms with E-state index in [0.717, 1.165) is 33.0 Å². The topological polar surface area (TPSA) is 63.3 Å². The minimum atomic E-state index is -0.801. The minimum Gasteiger partial charge on any atom is -0.481 e. The summed E-state index contributed by atoms with van der Waals surface area (Å²) in [4.78, 5) is 12.0. The fraction of sp³-hybridized carbons (Fsp3) is 0.235. The van der Waals surface area contributed by atoms with Crippen molar-refractivity contribution in [3.05, 3.63) is 59.2 Å². The van der Waals surface area contributed by atoms with Crippen LogP contribution in [0.2, 0.25) is 0 Å². The summed E-state index contributed by atoms with van der Waals surface area (Å²) in [6.07, 6.45) is 0. The predicted octanol–water partition coefficient (Wildman–Crippen LogP) is 4.06. The fourth-order valence-corrected chi connectivity index (χ4v) is 2.91. The Morgan fingerprint density at radius 3 is 2.48 bits per heavy atom. The molecule has 0 aliphatic heterocycles. The van der Waals surface area contributed by atoms with E-state index in [2.05, 4.69) is 6.07 Å². The predicted molar refractivity (Wildman–Crippen MR) is 87.6 cm³/mol. The van der Waals surface area contributed by atoms with E-state index >= 15 is 0 Å². The van der Waals surface area contributed by atoms with Crippen LogP contribution in [0.1, 0.15) is 29.5 Å². The molecule has 0 spiro atoms. The summed E-state index contributed by atoms with van der Waals surface area (Å²) >= 11 is 1.69. The Balaban J connectivity index is 2.02. The number of benzene rings is 2. The third kappa shape index (κ3) is 4.02. The molecule has 0 saturated heterocycles. The molecular formula is C17H19NO2S. The van der Waals surface area contributed by atoms with Crippen LogP contribution in [0.5, 0.6) is 0 Å². The maximum atomic E-state index is 10.9. The minimum absolute atomic E-state index is 0.473. The van der Waals surface area contributed by atoms with Gasteiger partial charge >= 0.3 is 5.97 Å². The lowest BCUT2D eigenvalue weighted by Crippen LogP contribution is -2.07. The van der Waals surface area contributed by atoms with Crippen LogP contribution >= 0.6 is 11.8 Å². The monoisotopic (exact) mass is 301 g/mol. The molecule has 0 bridgehead atoms. The van der Waals surface area contributed by atoms with Gasteiger partial charge in [-0.3, -0.25) is 4.79 Å². The van der Waals surface area contributed by atoms with Crippen molar-refractivity contribution >= 4 is 23.4 Å². The molecule has 1 atom stereocenters. The number of rotatable bonds is 5. The summed E-state index contributed by atoms with van der Waals surface area (Å²) in [6, 6.07) is 13.8. The Hall–Kier alpha value is -1.94. The van der Waals surface area contributed by atoms with Gasteiger partial charge in [-0.05, 0) is 42.7 Å². The van der Waals surface area contributed by atoms with E-state index in [4.69, 9.17) is 10.8 Å². The second-order valence-electron chi connectivity index (χ2n) is 5.13. The third-order valence-electron chi connectivity index (χ3n) is 3.41. The number of carboxylic acid groups (broad SMARTS) is 1. The van der Waals surface area contributed by atoms with Gasteiger partial charge in [0.2, 0.25) is 0 Å². The standard InChI is InChI=1S/C17H19NO2S/c1-11-3-8-16(15(18)9-11)21-10-13-4-6-14(7-5-13)12(2)17(19)20/h3-9,12H,10,18H2,1-2H3,(H,19,20). The van der Waals surface area contributed by atoms with Crippen molar-refractivity contribution in [2.75, 3.05) is 5.73 Å². The Labute approximate surface area is 129 Å². The molecule has 0 aliphatic rings. The second kappa shape index (κ2) is 6.68. The largest absolute Gasteiger partial charge is 0.481 e. The molecule has 0 radical (unpaired) electrons. The number of aryl methyl sites for hydroxylation is 1. The van der Waals surface area contributed by atoms with Gasteiger partial charge in [-0.25, -0.2) is 0 Å². The zero-order valence-corrected chi connectivity index (χ0v) is 13.0. The van der Waals surface area contributed by atoms with Crippen molar-refractivity contribution in [1.29, 1.82) is 0 Å². The SMILES string of the molecule is Cc1ccc(SCc2ccc(C(C)C(=O)O)cc2)c(N)c1. The van der Waals surface area contributed by atoms with Crippen LogP contribution in [0, 0.1) is 6.92 Å². The quantitative estimate of drug-likeness (QED) is 0.646. The average molecular weight is 301 g/mol. The van der Waals surface area contributed by atoms with E-state index in [1.807, 2.05) is 43.3 Å². The van der Waals surface area contributed by atoms with Crippen LogP contribution in [0.25, 0.3) is 0 Å². The summed E-state index contributed by atoms with van der Waals surface area (Å²) in [5.41, 5.74) is 9.93. The van der Waals surface area contributed by atoms with E-state index in [9.17, 15) is 4.79 Å². The molecule has 0 aromatic heterocycles. The fourth-order valence-electron chi connectivity index (χ4n) is 2.01. The first-order chi connectivity index (χ1) is 9.97. The van der Waals surface area contributed by atoms with E-state index in [0.29, 0.717) is 0 Å². The molecule has 1 unspecified atom stereocenters. The molecule has 0 amide bonds. The second-order valence-corrected chi connectivity index (χ2v) is 6.15. The number of anilines is 1. The summed E-state index contributed by atoms with van der Waals surface area (Å²) in [5.74, 6) is -0.460. The lowest BCUT2D eigenvalue weighted by atomic mass is 10.0. The summed E-state index contributed by atoms with van der Waals surface area (Å²) in [6.45, 7) is 3.71. The van der Waals surface area contributed by atoms with Gasteiger partial charge in [0.1, 0.15) is 0 Å². The highest BCUT2D eigenvalue weighted by Gasteiger charge is 2.13. The Morgan fingerprint density at radius 1 is 1.24 bits per heavy atom. The maximum Gasteiger partial charge on any atom is 0.310 e.